The van der Waals surface area contributed by atoms with Gasteiger partial charge < -0.3 is 5.32 Å². The maximum Gasteiger partial charge on any atom is 0.272 e. The van der Waals surface area contributed by atoms with Gasteiger partial charge in [0.05, 0.1) is 0 Å². The van der Waals surface area contributed by atoms with Crippen LogP contribution in [0, 0.1) is 5.92 Å². The molecule has 0 atom stereocenters. The lowest BCUT2D eigenvalue weighted by atomic mass is 10.0. The fraction of sp³-hybridized carbons (Fsp3) is 0.684. The molecule has 0 aromatic carbocycles. The fourth-order valence-corrected chi connectivity index (χ4v) is 3.89. The molecule has 0 spiro atoms. The van der Waals surface area contributed by atoms with Gasteiger partial charge in [0.2, 0.25) is 0 Å². The molecular formula is C19H30N4O. The molecule has 0 bridgehead atoms. The van der Waals surface area contributed by atoms with Crippen LogP contribution in [0.4, 0.5) is 0 Å². The Morgan fingerprint density at radius 2 is 2.17 bits per heavy atom. The first-order valence-corrected chi connectivity index (χ1v) is 9.31. The number of fused-ring (bicyclic) bond motifs is 1. The second kappa shape index (κ2) is 7.51. The average molecular weight is 330 g/mol. The molecule has 1 N–H and O–H groups in total. The van der Waals surface area contributed by atoms with Crippen LogP contribution >= 0.6 is 0 Å². The van der Waals surface area contributed by atoms with Gasteiger partial charge in [0.25, 0.3) is 5.91 Å². The van der Waals surface area contributed by atoms with Crippen molar-refractivity contribution in [3.8, 4) is 0 Å². The highest BCUT2D eigenvalue weighted by Crippen LogP contribution is 2.25. The lowest BCUT2D eigenvalue weighted by molar-refractivity contribution is 0.0929. The predicted octanol–water partition coefficient (Wildman–Crippen LogP) is 2.76. The summed E-state index contributed by atoms with van der Waals surface area (Å²) < 4.78 is 2.08. The van der Waals surface area contributed by atoms with Crippen LogP contribution in [0.1, 0.15) is 61.3 Å². The van der Waals surface area contributed by atoms with Crippen LogP contribution < -0.4 is 5.32 Å². The van der Waals surface area contributed by atoms with Crippen molar-refractivity contribution in [1.82, 2.24) is 20.0 Å². The van der Waals surface area contributed by atoms with E-state index >= 15 is 0 Å². The number of hydrogen-bond donors (Lipinski definition) is 1. The summed E-state index contributed by atoms with van der Waals surface area (Å²) >= 11 is 0. The smallest absolute Gasteiger partial charge is 0.272 e. The Morgan fingerprint density at radius 1 is 1.42 bits per heavy atom. The maximum absolute atomic E-state index is 12.8. The number of rotatable bonds is 6. The summed E-state index contributed by atoms with van der Waals surface area (Å²) in [6.07, 6.45) is 7.53. The first-order chi connectivity index (χ1) is 11.6. The molecule has 5 nitrogen and oxygen atoms in total. The SMILES string of the molecule is C=CCN1CCc2c(c(C(=O)NC3CCCC3)nn2CC(C)C)C1. The minimum Gasteiger partial charge on any atom is -0.348 e. The van der Waals surface area contributed by atoms with E-state index in [0.29, 0.717) is 17.7 Å². The van der Waals surface area contributed by atoms with Crippen LogP contribution in [0.25, 0.3) is 0 Å². The Bertz CT molecular complexity index is 599. The van der Waals surface area contributed by atoms with Gasteiger partial charge in [-0.25, -0.2) is 0 Å². The Balaban J connectivity index is 1.85. The van der Waals surface area contributed by atoms with Gasteiger partial charge in [-0.1, -0.05) is 32.8 Å². The molecule has 132 valence electrons. The minimum absolute atomic E-state index is 0.0149. The molecule has 1 aliphatic carbocycles. The quantitative estimate of drug-likeness (QED) is 0.816. The summed E-state index contributed by atoms with van der Waals surface area (Å²) in [5.41, 5.74) is 3.02. The van der Waals surface area contributed by atoms with Crippen molar-refractivity contribution in [3.63, 3.8) is 0 Å². The summed E-state index contributed by atoms with van der Waals surface area (Å²) in [5, 5.41) is 7.93. The second-order valence-electron chi connectivity index (χ2n) is 7.58. The van der Waals surface area contributed by atoms with Crippen molar-refractivity contribution in [2.45, 2.75) is 65.1 Å². The summed E-state index contributed by atoms with van der Waals surface area (Å²) in [4.78, 5) is 15.1. The lowest BCUT2D eigenvalue weighted by Gasteiger charge is -2.26. The summed E-state index contributed by atoms with van der Waals surface area (Å²) in [6.45, 7) is 11.8. The molecule has 1 aromatic rings. The third-order valence-electron chi connectivity index (χ3n) is 5.04. The standard InChI is InChI=1S/C19H30N4O/c1-4-10-22-11-9-17-16(13-22)18(21-23(17)12-14(2)3)19(24)20-15-7-5-6-8-15/h4,14-15H,1,5-13H2,2-3H3,(H,20,24). The van der Waals surface area contributed by atoms with E-state index in [0.717, 1.165) is 51.0 Å². The fourth-order valence-electron chi connectivity index (χ4n) is 3.89. The topological polar surface area (TPSA) is 50.2 Å². The normalized spacial score (nSPS) is 18.8. The van der Waals surface area contributed by atoms with Crippen LogP contribution in [-0.2, 0) is 19.5 Å². The summed E-state index contributed by atoms with van der Waals surface area (Å²) in [7, 11) is 0. The average Bonchev–Trinajstić information content (AvgIpc) is 3.15. The molecule has 3 rings (SSSR count). The lowest BCUT2D eigenvalue weighted by Crippen LogP contribution is -2.35. The molecule has 1 aliphatic heterocycles. The van der Waals surface area contributed by atoms with Crippen LogP contribution in [0.15, 0.2) is 12.7 Å². The van der Waals surface area contributed by atoms with Crippen molar-refractivity contribution >= 4 is 5.91 Å². The van der Waals surface area contributed by atoms with E-state index in [-0.39, 0.29) is 5.91 Å². The number of aromatic nitrogens is 2. The minimum atomic E-state index is 0.0149. The highest BCUT2D eigenvalue weighted by Gasteiger charge is 2.29. The van der Waals surface area contributed by atoms with Crippen molar-refractivity contribution in [1.29, 1.82) is 0 Å². The van der Waals surface area contributed by atoms with Gasteiger partial charge in [-0.2, -0.15) is 5.10 Å². The van der Waals surface area contributed by atoms with Gasteiger partial charge in [-0.15, -0.1) is 6.58 Å². The summed E-state index contributed by atoms with van der Waals surface area (Å²) in [6, 6.07) is 0.330. The van der Waals surface area contributed by atoms with Crippen molar-refractivity contribution in [2.75, 3.05) is 13.1 Å². The zero-order valence-electron chi connectivity index (χ0n) is 15.1. The highest BCUT2D eigenvalue weighted by atomic mass is 16.2. The number of nitrogens with zero attached hydrogens (tertiary/aromatic N) is 3. The summed E-state index contributed by atoms with van der Waals surface area (Å²) in [5.74, 6) is 0.534. The molecule has 5 heteroatoms. The molecular weight excluding hydrogens is 300 g/mol. The Morgan fingerprint density at radius 3 is 2.83 bits per heavy atom. The van der Waals surface area contributed by atoms with Gasteiger partial charge in [-0.05, 0) is 18.8 Å². The Kier molecular flexibility index (Phi) is 5.39. The van der Waals surface area contributed by atoms with E-state index in [9.17, 15) is 4.79 Å². The molecule has 2 heterocycles. The number of carbonyl (C=O) groups excluding carboxylic acids is 1. The van der Waals surface area contributed by atoms with Gasteiger partial charge >= 0.3 is 0 Å². The second-order valence-corrected chi connectivity index (χ2v) is 7.58. The van der Waals surface area contributed by atoms with Crippen molar-refractivity contribution < 1.29 is 4.79 Å². The van der Waals surface area contributed by atoms with E-state index in [4.69, 9.17) is 5.10 Å². The van der Waals surface area contributed by atoms with Gasteiger partial charge in [0, 0.05) is 49.9 Å². The number of nitrogens with one attached hydrogen (secondary N) is 1. The van der Waals surface area contributed by atoms with E-state index in [1.165, 1.54) is 18.5 Å². The van der Waals surface area contributed by atoms with Crippen LogP contribution in [-0.4, -0.2) is 39.7 Å². The third kappa shape index (κ3) is 3.72. The largest absolute Gasteiger partial charge is 0.348 e. The number of amides is 1. The zero-order valence-corrected chi connectivity index (χ0v) is 15.1. The van der Waals surface area contributed by atoms with E-state index < -0.39 is 0 Å². The van der Waals surface area contributed by atoms with E-state index in [1.807, 2.05) is 6.08 Å². The van der Waals surface area contributed by atoms with Gasteiger partial charge in [-0.3, -0.25) is 14.4 Å². The Hall–Kier alpha value is -1.62. The van der Waals surface area contributed by atoms with Gasteiger partial charge in [0.1, 0.15) is 0 Å². The van der Waals surface area contributed by atoms with E-state index in [2.05, 4.69) is 35.3 Å². The molecule has 1 saturated carbocycles. The van der Waals surface area contributed by atoms with Crippen molar-refractivity contribution in [3.05, 3.63) is 29.6 Å². The molecule has 0 unspecified atom stereocenters. The Labute approximate surface area is 145 Å². The first-order valence-electron chi connectivity index (χ1n) is 9.31. The first kappa shape index (κ1) is 17.2. The predicted molar refractivity (Wildman–Crippen MR) is 96.0 cm³/mol. The molecule has 1 amide bonds. The number of carbonyl (C=O) groups is 1. The zero-order chi connectivity index (χ0) is 17.1. The van der Waals surface area contributed by atoms with Crippen LogP contribution in [0.2, 0.25) is 0 Å². The molecule has 24 heavy (non-hydrogen) atoms. The monoisotopic (exact) mass is 330 g/mol. The molecule has 1 aromatic heterocycles. The van der Waals surface area contributed by atoms with Crippen molar-refractivity contribution in [2.24, 2.45) is 5.92 Å². The maximum atomic E-state index is 12.8. The van der Waals surface area contributed by atoms with Gasteiger partial charge in [0.15, 0.2) is 5.69 Å². The number of hydrogen-bond acceptors (Lipinski definition) is 3. The molecule has 2 aliphatic rings. The van der Waals surface area contributed by atoms with Crippen LogP contribution in [0.3, 0.4) is 0 Å². The highest BCUT2D eigenvalue weighted by molar-refractivity contribution is 5.94. The molecule has 0 radical (unpaired) electrons. The van der Waals surface area contributed by atoms with E-state index in [1.54, 1.807) is 0 Å². The third-order valence-corrected chi connectivity index (χ3v) is 5.04. The van der Waals surface area contributed by atoms with Crippen LogP contribution in [0.5, 0.6) is 0 Å². The molecule has 1 fully saturated rings. The molecule has 0 saturated heterocycles.